The zero-order chi connectivity index (χ0) is 22.6. The SMILES string of the molecule is CCCCN(Cc1ccc(-c2ccccc2-c2nn[nH]n2)cc1)c1ncnc2c1nnn2C. The third-order valence-electron chi connectivity index (χ3n) is 5.60. The molecule has 0 radical (unpaired) electrons. The minimum atomic E-state index is 0.581. The Kier molecular flexibility index (Phi) is 5.71. The number of nitrogens with zero attached hydrogens (tertiary/aromatic N) is 9. The number of fused-ring (bicyclic) bond motifs is 1. The van der Waals surface area contributed by atoms with Gasteiger partial charge in [-0.1, -0.05) is 67.1 Å². The Labute approximate surface area is 190 Å². The van der Waals surface area contributed by atoms with Crippen molar-refractivity contribution in [2.75, 3.05) is 11.4 Å². The molecule has 0 bridgehead atoms. The van der Waals surface area contributed by atoms with Gasteiger partial charge in [-0.25, -0.2) is 14.6 Å². The maximum Gasteiger partial charge on any atom is 0.205 e. The summed E-state index contributed by atoms with van der Waals surface area (Å²) in [7, 11) is 1.84. The summed E-state index contributed by atoms with van der Waals surface area (Å²) < 4.78 is 1.68. The first-order chi connectivity index (χ1) is 16.2. The van der Waals surface area contributed by atoms with Crippen LogP contribution in [0, 0.1) is 0 Å². The minimum Gasteiger partial charge on any atom is -0.350 e. The summed E-state index contributed by atoms with van der Waals surface area (Å²) in [5.74, 6) is 1.39. The highest BCUT2D eigenvalue weighted by Gasteiger charge is 2.17. The number of benzene rings is 2. The Morgan fingerprint density at radius 3 is 2.55 bits per heavy atom. The number of nitrogens with one attached hydrogen (secondary N) is 1. The van der Waals surface area contributed by atoms with E-state index in [0.717, 1.165) is 59.6 Å². The molecule has 0 spiro atoms. The largest absolute Gasteiger partial charge is 0.350 e. The number of rotatable bonds is 8. The normalized spacial score (nSPS) is 11.2. The molecule has 5 aromatic rings. The fraction of sp³-hybridized carbons (Fsp3) is 0.261. The van der Waals surface area contributed by atoms with Gasteiger partial charge in [-0.2, -0.15) is 5.21 Å². The number of H-pyrrole nitrogens is 1. The number of aromatic amines is 1. The molecule has 0 aliphatic rings. The number of anilines is 1. The standard InChI is InChI=1S/C23H24N10/c1-3-4-13-33(23-20-22(24-15-25-23)32(2)31-26-20)14-16-9-11-17(12-10-16)18-7-5-6-8-19(18)21-27-29-30-28-21/h5-12,15H,3-4,13-14H2,1-2H3,(H,27,28,29,30). The van der Waals surface area contributed by atoms with Crippen molar-refractivity contribution in [1.29, 1.82) is 0 Å². The van der Waals surface area contributed by atoms with Crippen molar-refractivity contribution in [3.8, 4) is 22.5 Å². The Bertz CT molecular complexity index is 1340. The summed E-state index contributed by atoms with van der Waals surface area (Å²) in [5, 5.41) is 22.9. The third-order valence-corrected chi connectivity index (χ3v) is 5.60. The van der Waals surface area contributed by atoms with Gasteiger partial charge in [-0.05, 0) is 28.3 Å². The van der Waals surface area contributed by atoms with Gasteiger partial charge in [0.15, 0.2) is 17.0 Å². The molecule has 3 heterocycles. The van der Waals surface area contributed by atoms with E-state index in [0.29, 0.717) is 5.82 Å². The van der Waals surface area contributed by atoms with Crippen LogP contribution in [0.4, 0.5) is 5.82 Å². The number of unbranched alkanes of at least 4 members (excludes halogenated alkanes) is 1. The first kappa shape index (κ1) is 20.7. The second-order valence-corrected chi connectivity index (χ2v) is 7.84. The Balaban J connectivity index is 1.44. The van der Waals surface area contributed by atoms with E-state index in [1.807, 2.05) is 25.2 Å². The maximum atomic E-state index is 4.55. The third kappa shape index (κ3) is 4.14. The molecule has 1 N–H and O–H groups in total. The summed E-state index contributed by atoms with van der Waals surface area (Å²) in [4.78, 5) is 11.1. The summed E-state index contributed by atoms with van der Waals surface area (Å²) in [6.07, 6.45) is 3.73. The van der Waals surface area contributed by atoms with Gasteiger partial charge in [0.2, 0.25) is 5.82 Å². The van der Waals surface area contributed by atoms with Crippen LogP contribution >= 0.6 is 0 Å². The van der Waals surface area contributed by atoms with Crippen molar-refractivity contribution in [3.63, 3.8) is 0 Å². The monoisotopic (exact) mass is 440 g/mol. The second-order valence-electron chi connectivity index (χ2n) is 7.84. The molecule has 10 heteroatoms. The van der Waals surface area contributed by atoms with Gasteiger partial charge in [-0.15, -0.1) is 15.3 Å². The highest BCUT2D eigenvalue weighted by molar-refractivity contribution is 5.83. The fourth-order valence-electron chi connectivity index (χ4n) is 3.90. The van der Waals surface area contributed by atoms with Gasteiger partial charge < -0.3 is 4.90 Å². The molecule has 10 nitrogen and oxygen atoms in total. The molecule has 2 aromatic carbocycles. The molecule has 166 valence electrons. The predicted molar refractivity (Wildman–Crippen MR) is 125 cm³/mol. The molecule has 0 aliphatic heterocycles. The van der Waals surface area contributed by atoms with E-state index in [9.17, 15) is 0 Å². The molecule has 5 rings (SSSR count). The maximum absolute atomic E-state index is 4.55. The lowest BCUT2D eigenvalue weighted by molar-refractivity contribution is 0.708. The molecule has 3 aromatic heterocycles. The molecule has 0 saturated carbocycles. The van der Waals surface area contributed by atoms with Crippen molar-refractivity contribution in [1.82, 2.24) is 45.6 Å². The molecular formula is C23H24N10. The molecule has 0 atom stereocenters. The van der Waals surface area contributed by atoms with Gasteiger partial charge in [0.25, 0.3) is 0 Å². The topological polar surface area (TPSA) is 114 Å². The summed E-state index contributed by atoms with van der Waals surface area (Å²) in [5.41, 5.74) is 5.73. The first-order valence-electron chi connectivity index (χ1n) is 10.9. The van der Waals surface area contributed by atoms with Crippen molar-refractivity contribution in [2.24, 2.45) is 7.05 Å². The van der Waals surface area contributed by atoms with Crippen LogP contribution in [0.2, 0.25) is 0 Å². The molecule has 33 heavy (non-hydrogen) atoms. The average Bonchev–Trinajstić information content (AvgIpc) is 3.53. The number of tetrazole rings is 1. The van der Waals surface area contributed by atoms with E-state index in [-0.39, 0.29) is 0 Å². The van der Waals surface area contributed by atoms with E-state index < -0.39 is 0 Å². The van der Waals surface area contributed by atoms with Crippen LogP contribution in [0.3, 0.4) is 0 Å². The van der Waals surface area contributed by atoms with Crippen LogP contribution in [0.15, 0.2) is 54.9 Å². The van der Waals surface area contributed by atoms with Gasteiger partial charge in [0.05, 0.1) is 0 Å². The average molecular weight is 441 g/mol. The van der Waals surface area contributed by atoms with E-state index in [1.165, 1.54) is 5.56 Å². The number of hydrogen-bond donors (Lipinski definition) is 1. The Morgan fingerprint density at radius 2 is 1.79 bits per heavy atom. The fourth-order valence-corrected chi connectivity index (χ4v) is 3.90. The van der Waals surface area contributed by atoms with Crippen molar-refractivity contribution < 1.29 is 0 Å². The van der Waals surface area contributed by atoms with Crippen LogP contribution in [-0.4, -0.2) is 52.1 Å². The number of hydrogen-bond acceptors (Lipinski definition) is 8. The van der Waals surface area contributed by atoms with Crippen molar-refractivity contribution in [3.05, 3.63) is 60.4 Å². The smallest absolute Gasteiger partial charge is 0.205 e. The van der Waals surface area contributed by atoms with E-state index >= 15 is 0 Å². The summed E-state index contributed by atoms with van der Waals surface area (Å²) in [6, 6.07) is 16.6. The summed E-state index contributed by atoms with van der Waals surface area (Å²) >= 11 is 0. The molecule has 0 aliphatic carbocycles. The lowest BCUT2D eigenvalue weighted by Crippen LogP contribution is -2.25. The first-order valence-corrected chi connectivity index (χ1v) is 10.9. The van der Waals surface area contributed by atoms with Gasteiger partial charge in [0, 0.05) is 25.7 Å². The Morgan fingerprint density at radius 1 is 0.970 bits per heavy atom. The molecule has 0 fully saturated rings. The van der Waals surface area contributed by atoms with Gasteiger partial charge >= 0.3 is 0 Å². The van der Waals surface area contributed by atoms with Crippen LogP contribution in [0.5, 0.6) is 0 Å². The van der Waals surface area contributed by atoms with Crippen LogP contribution in [0.1, 0.15) is 25.3 Å². The van der Waals surface area contributed by atoms with E-state index in [1.54, 1.807) is 11.0 Å². The quantitative estimate of drug-likeness (QED) is 0.390. The van der Waals surface area contributed by atoms with E-state index in [2.05, 4.69) is 83.1 Å². The lowest BCUT2D eigenvalue weighted by atomic mass is 9.98. The van der Waals surface area contributed by atoms with Crippen LogP contribution in [-0.2, 0) is 13.6 Å². The van der Waals surface area contributed by atoms with Crippen LogP contribution < -0.4 is 4.90 Å². The van der Waals surface area contributed by atoms with Crippen molar-refractivity contribution in [2.45, 2.75) is 26.3 Å². The highest BCUT2D eigenvalue weighted by atomic mass is 15.5. The highest BCUT2D eigenvalue weighted by Crippen LogP contribution is 2.30. The second kappa shape index (κ2) is 9.11. The molecule has 0 amide bonds. The molecule has 0 saturated heterocycles. The van der Waals surface area contributed by atoms with Gasteiger partial charge in [-0.3, -0.25) is 0 Å². The predicted octanol–water partition coefficient (Wildman–Crippen LogP) is 3.41. The number of aromatic nitrogens is 9. The Hall–Kier alpha value is -4.21. The van der Waals surface area contributed by atoms with Gasteiger partial charge in [0.1, 0.15) is 6.33 Å². The summed E-state index contributed by atoms with van der Waals surface area (Å²) in [6.45, 7) is 3.78. The lowest BCUT2D eigenvalue weighted by Gasteiger charge is -2.23. The zero-order valence-corrected chi connectivity index (χ0v) is 18.5. The van der Waals surface area contributed by atoms with Crippen molar-refractivity contribution >= 4 is 17.0 Å². The van der Waals surface area contributed by atoms with Crippen LogP contribution in [0.25, 0.3) is 33.7 Å². The minimum absolute atomic E-state index is 0.581. The van der Waals surface area contributed by atoms with E-state index in [4.69, 9.17) is 0 Å². The zero-order valence-electron chi connectivity index (χ0n) is 18.5. The number of aryl methyl sites for hydroxylation is 1. The molecule has 0 unspecified atom stereocenters. The molecular weight excluding hydrogens is 416 g/mol.